The number of oxazole rings is 1. The SMILES string of the molecule is CC(C)c1nc2cc(CCCC(=O)O)ccc2o1. The van der Waals surface area contributed by atoms with Gasteiger partial charge in [-0.3, -0.25) is 4.79 Å². The molecule has 0 saturated carbocycles. The molecule has 0 bridgehead atoms. The first-order chi connectivity index (χ1) is 8.56. The number of nitrogens with zero attached hydrogens (tertiary/aromatic N) is 1. The molecule has 0 spiro atoms. The van der Waals surface area contributed by atoms with E-state index in [4.69, 9.17) is 9.52 Å². The third-order valence-electron chi connectivity index (χ3n) is 2.82. The summed E-state index contributed by atoms with van der Waals surface area (Å²) >= 11 is 0. The van der Waals surface area contributed by atoms with Gasteiger partial charge in [0, 0.05) is 12.3 Å². The first-order valence-corrected chi connectivity index (χ1v) is 6.17. The van der Waals surface area contributed by atoms with Crippen molar-refractivity contribution in [1.29, 1.82) is 0 Å². The second-order valence-electron chi connectivity index (χ2n) is 4.76. The second kappa shape index (κ2) is 5.21. The fourth-order valence-electron chi connectivity index (χ4n) is 1.84. The van der Waals surface area contributed by atoms with Gasteiger partial charge in [-0.25, -0.2) is 4.98 Å². The van der Waals surface area contributed by atoms with Crippen molar-refractivity contribution in [2.24, 2.45) is 0 Å². The number of rotatable bonds is 5. The summed E-state index contributed by atoms with van der Waals surface area (Å²) in [6, 6.07) is 5.86. The number of hydrogen-bond acceptors (Lipinski definition) is 3. The van der Waals surface area contributed by atoms with E-state index >= 15 is 0 Å². The van der Waals surface area contributed by atoms with Gasteiger partial charge in [-0.15, -0.1) is 0 Å². The quantitative estimate of drug-likeness (QED) is 0.879. The Kier molecular flexibility index (Phi) is 3.65. The molecule has 0 aliphatic rings. The van der Waals surface area contributed by atoms with Crippen LogP contribution in [0.1, 0.15) is 44.1 Å². The van der Waals surface area contributed by atoms with Crippen LogP contribution in [0.5, 0.6) is 0 Å². The van der Waals surface area contributed by atoms with Crippen molar-refractivity contribution in [2.75, 3.05) is 0 Å². The molecule has 4 heteroatoms. The number of aryl methyl sites for hydroxylation is 1. The van der Waals surface area contributed by atoms with Crippen molar-refractivity contribution in [3.8, 4) is 0 Å². The number of aromatic nitrogens is 1. The van der Waals surface area contributed by atoms with Crippen molar-refractivity contribution >= 4 is 17.1 Å². The van der Waals surface area contributed by atoms with E-state index in [0.29, 0.717) is 6.42 Å². The smallest absolute Gasteiger partial charge is 0.303 e. The van der Waals surface area contributed by atoms with Gasteiger partial charge in [-0.05, 0) is 30.5 Å². The molecule has 1 aromatic heterocycles. The molecule has 2 rings (SSSR count). The zero-order valence-corrected chi connectivity index (χ0v) is 10.6. The van der Waals surface area contributed by atoms with Crippen LogP contribution in [-0.4, -0.2) is 16.1 Å². The van der Waals surface area contributed by atoms with E-state index in [-0.39, 0.29) is 12.3 Å². The first kappa shape index (κ1) is 12.6. The van der Waals surface area contributed by atoms with Gasteiger partial charge in [-0.2, -0.15) is 0 Å². The number of carboxylic acid groups (broad SMARTS) is 1. The summed E-state index contributed by atoms with van der Waals surface area (Å²) in [7, 11) is 0. The van der Waals surface area contributed by atoms with Gasteiger partial charge in [0.1, 0.15) is 5.52 Å². The summed E-state index contributed by atoms with van der Waals surface area (Å²) in [5.41, 5.74) is 2.75. The first-order valence-electron chi connectivity index (χ1n) is 6.17. The van der Waals surface area contributed by atoms with E-state index < -0.39 is 5.97 Å². The molecule has 1 N–H and O–H groups in total. The summed E-state index contributed by atoms with van der Waals surface area (Å²) in [5.74, 6) is 0.264. The Morgan fingerprint density at radius 2 is 2.22 bits per heavy atom. The average Bonchev–Trinajstić information content (AvgIpc) is 2.71. The predicted molar refractivity (Wildman–Crippen MR) is 68.7 cm³/mol. The Morgan fingerprint density at radius 3 is 2.89 bits per heavy atom. The topological polar surface area (TPSA) is 63.3 Å². The van der Waals surface area contributed by atoms with Gasteiger partial charge in [0.25, 0.3) is 0 Å². The molecule has 96 valence electrons. The Balaban J connectivity index is 2.14. The number of carbonyl (C=O) groups is 1. The minimum atomic E-state index is -0.750. The highest BCUT2D eigenvalue weighted by Gasteiger charge is 2.09. The highest BCUT2D eigenvalue weighted by Crippen LogP contribution is 2.22. The molecule has 1 heterocycles. The lowest BCUT2D eigenvalue weighted by Crippen LogP contribution is -1.95. The largest absolute Gasteiger partial charge is 0.481 e. The van der Waals surface area contributed by atoms with Crippen molar-refractivity contribution in [2.45, 2.75) is 39.0 Å². The molecule has 18 heavy (non-hydrogen) atoms. The Morgan fingerprint density at radius 1 is 1.44 bits per heavy atom. The maximum atomic E-state index is 10.5. The standard InChI is InChI=1S/C14H17NO3/c1-9(2)14-15-11-8-10(4-3-5-13(16)17)6-7-12(11)18-14/h6-9H,3-5H2,1-2H3,(H,16,17). The molecule has 0 amide bonds. The lowest BCUT2D eigenvalue weighted by Gasteiger charge is -1.98. The number of benzene rings is 1. The van der Waals surface area contributed by atoms with Crippen LogP contribution in [0.4, 0.5) is 0 Å². The zero-order valence-electron chi connectivity index (χ0n) is 10.6. The molecular weight excluding hydrogens is 230 g/mol. The third kappa shape index (κ3) is 2.88. The van der Waals surface area contributed by atoms with Crippen molar-refractivity contribution in [3.05, 3.63) is 29.7 Å². The van der Waals surface area contributed by atoms with Gasteiger partial charge >= 0.3 is 5.97 Å². The fourth-order valence-corrected chi connectivity index (χ4v) is 1.84. The second-order valence-corrected chi connectivity index (χ2v) is 4.76. The maximum absolute atomic E-state index is 10.5. The summed E-state index contributed by atoms with van der Waals surface area (Å²) in [4.78, 5) is 14.9. The molecule has 0 radical (unpaired) electrons. The summed E-state index contributed by atoms with van der Waals surface area (Å²) in [6.45, 7) is 4.08. The van der Waals surface area contributed by atoms with E-state index in [1.807, 2.05) is 32.0 Å². The van der Waals surface area contributed by atoms with Gasteiger partial charge in [-0.1, -0.05) is 19.9 Å². The van der Waals surface area contributed by atoms with E-state index in [2.05, 4.69) is 4.98 Å². The van der Waals surface area contributed by atoms with E-state index in [0.717, 1.165) is 29.0 Å². The molecule has 0 saturated heterocycles. The van der Waals surface area contributed by atoms with Gasteiger partial charge < -0.3 is 9.52 Å². The third-order valence-corrected chi connectivity index (χ3v) is 2.82. The molecular formula is C14H17NO3. The van der Waals surface area contributed by atoms with Crippen molar-refractivity contribution in [1.82, 2.24) is 4.98 Å². The molecule has 0 atom stereocenters. The van der Waals surface area contributed by atoms with Crippen molar-refractivity contribution < 1.29 is 14.3 Å². The number of carboxylic acids is 1. The minimum Gasteiger partial charge on any atom is -0.481 e. The van der Waals surface area contributed by atoms with Gasteiger partial charge in [0.05, 0.1) is 0 Å². The van der Waals surface area contributed by atoms with Crippen LogP contribution in [0, 0.1) is 0 Å². The molecule has 4 nitrogen and oxygen atoms in total. The van der Waals surface area contributed by atoms with E-state index in [1.54, 1.807) is 0 Å². The normalized spacial score (nSPS) is 11.3. The maximum Gasteiger partial charge on any atom is 0.303 e. The van der Waals surface area contributed by atoms with Crippen LogP contribution in [0.15, 0.2) is 22.6 Å². The number of aliphatic carboxylic acids is 1. The minimum absolute atomic E-state index is 0.202. The van der Waals surface area contributed by atoms with Crippen LogP contribution >= 0.6 is 0 Å². The summed E-state index contributed by atoms with van der Waals surface area (Å²) in [5, 5.41) is 8.60. The van der Waals surface area contributed by atoms with Crippen LogP contribution in [0.3, 0.4) is 0 Å². The Hall–Kier alpha value is -1.84. The number of hydrogen-bond donors (Lipinski definition) is 1. The monoisotopic (exact) mass is 247 g/mol. The fraction of sp³-hybridized carbons (Fsp3) is 0.429. The predicted octanol–water partition coefficient (Wildman–Crippen LogP) is 3.36. The lowest BCUT2D eigenvalue weighted by atomic mass is 10.1. The highest BCUT2D eigenvalue weighted by atomic mass is 16.4. The zero-order chi connectivity index (χ0) is 13.1. The molecule has 0 aliphatic carbocycles. The van der Waals surface area contributed by atoms with Crippen LogP contribution in [-0.2, 0) is 11.2 Å². The van der Waals surface area contributed by atoms with Crippen molar-refractivity contribution in [3.63, 3.8) is 0 Å². The average molecular weight is 247 g/mol. The van der Waals surface area contributed by atoms with E-state index in [1.165, 1.54) is 0 Å². The van der Waals surface area contributed by atoms with Crippen LogP contribution in [0.2, 0.25) is 0 Å². The molecule has 0 fully saturated rings. The molecule has 0 aliphatic heterocycles. The Bertz CT molecular complexity index is 557. The molecule has 0 unspecified atom stereocenters. The molecule has 2 aromatic rings. The number of fused-ring (bicyclic) bond motifs is 1. The van der Waals surface area contributed by atoms with E-state index in [9.17, 15) is 4.79 Å². The molecule has 1 aromatic carbocycles. The lowest BCUT2D eigenvalue weighted by molar-refractivity contribution is -0.137. The summed E-state index contributed by atoms with van der Waals surface area (Å²) < 4.78 is 5.62. The van der Waals surface area contributed by atoms with Crippen LogP contribution < -0.4 is 0 Å². The Labute approximate surface area is 106 Å². The highest BCUT2D eigenvalue weighted by molar-refractivity contribution is 5.73. The van der Waals surface area contributed by atoms with Gasteiger partial charge in [0.15, 0.2) is 11.5 Å². The summed E-state index contributed by atoms with van der Waals surface area (Å²) in [6.07, 6.45) is 1.61. The van der Waals surface area contributed by atoms with Gasteiger partial charge in [0.2, 0.25) is 0 Å². The van der Waals surface area contributed by atoms with Crippen LogP contribution in [0.25, 0.3) is 11.1 Å².